The van der Waals surface area contributed by atoms with Crippen molar-refractivity contribution in [1.82, 2.24) is 4.90 Å². The summed E-state index contributed by atoms with van der Waals surface area (Å²) >= 11 is 0. The largest absolute Gasteiger partial charge is 0.395 e. The molecule has 0 saturated heterocycles. The number of nitrogens with zero attached hydrogens (tertiary/aromatic N) is 1. The van der Waals surface area contributed by atoms with E-state index in [0.717, 1.165) is 31.4 Å². The summed E-state index contributed by atoms with van der Waals surface area (Å²) in [6.45, 7) is 3.21. The van der Waals surface area contributed by atoms with E-state index in [1.807, 2.05) is 12.1 Å². The van der Waals surface area contributed by atoms with Crippen LogP contribution in [0.25, 0.3) is 0 Å². The van der Waals surface area contributed by atoms with Gasteiger partial charge in [-0.2, -0.15) is 0 Å². The lowest BCUT2D eigenvalue weighted by atomic mass is 9.91. The van der Waals surface area contributed by atoms with Gasteiger partial charge in [0.25, 0.3) is 0 Å². The summed E-state index contributed by atoms with van der Waals surface area (Å²) in [5, 5.41) is 12.1. The number of rotatable bonds is 8. The number of amides is 1. The third kappa shape index (κ3) is 4.83. The van der Waals surface area contributed by atoms with E-state index in [9.17, 15) is 4.79 Å². The first-order valence-corrected chi connectivity index (χ1v) is 7.96. The molecule has 21 heavy (non-hydrogen) atoms. The van der Waals surface area contributed by atoms with E-state index in [1.54, 1.807) is 0 Å². The molecule has 0 radical (unpaired) electrons. The maximum Gasteiger partial charge on any atom is 0.238 e. The van der Waals surface area contributed by atoms with Gasteiger partial charge in [-0.1, -0.05) is 31.9 Å². The molecule has 1 aromatic carbocycles. The van der Waals surface area contributed by atoms with E-state index in [2.05, 4.69) is 29.3 Å². The van der Waals surface area contributed by atoms with E-state index >= 15 is 0 Å². The van der Waals surface area contributed by atoms with Gasteiger partial charge in [0.2, 0.25) is 5.91 Å². The summed E-state index contributed by atoms with van der Waals surface area (Å²) in [5.41, 5.74) is 2.14. The molecule has 1 aliphatic carbocycles. The Morgan fingerprint density at radius 1 is 1.33 bits per heavy atom. The highest BCUT2D eigenvalue weighted by Gasteiger charge is 2.25. The molecule has 116 valence electrons. The summed E-state index contributed by atoms with van der Waals surface area (Å²) < 4.78 is 0. The Morgan fingerprint density at radius 3 is 2.57 bits per heavy atom. The van der Waals surface area contributed by atoms with Crippen molar-refractivity contribution in [2.45, 2.75) is 45.1 Å². The van der Waals surface area contributed by atoms with E-state index in [-0.39, 0.29) is 12.5 Å². The van der Waals surface area contributed by atoms with Crippen molar-refractivity contribution < 1.29 is 9.90 Å². The second-order valence-corrected chi connectivity index (χ2v) is 5.77. The molecule has 0 heterocycles. The molecule has 1 amide bonds. The van der Waals surface area contributed by atoms with Crippen LogP contribution in [0, 0.1) is 0 Å². The Labute approximate surface area is 127 Å². The number of nitrogens with one attached hydrogen (secondary N) is 1. The number of carbonyl (C=O) groups excluding carboxylic acids is 1. The van der Waals surface area contributed by atoms with Gasteiger partial charge in [0.1, 0.15) is 0 Å². The molecule has 4 nitrogen and oxygen atoms in total. The van der Waals surface area contributed by atoms with Crippen molar-refractivity contribution in [1.29, 1.82) is 0 Å². The van der Waals surface area contributed by atoms with Crippen LogP contribution in [-0.4, -0.2) is 41.7 Å². The SMILES string of the molecule is CCCc1ccc(NC(=O)CN(CCO)C2CCC2)cc1. The quantitative estimate of drug-likeness (QED) is 0.773. The lowest BCUT2D eigenvalue weighted by Crippen LogP contribution is -2.45. The molecule has 0 unspecified atom stereocenters. The van der Waals surface area contributed by atoms with Crippen molar-refractivity contribution in [3.8, 4) is 0 Å². The Kier molecular flexibility index (Phi) is 6.21. The smallest absolute Gasteiger partial charge is 0.238 e. The molecule has 1 fully saturated rings. The second-order valence-electron chi connectivity index (χ2n) is 5.77. The summed E-state index contributed by atoms with van der Waals surface area (Å²) in [4.78, 5) is 14.2. The van der Waals surface area contributed by atoms with Crippen molar-refractivity contribution in [2.75, 3.05) is 25.0 Å². The molecule has 1 saturated carbocycles. The number of hydrogen-bond donors (Lipinski definition) is 2. The Bertz CT molecular complexity index is 441. The van der Waals surface area contributed by atoms with E-state index in [1.165, 1.54) is 12.0 Å². The maximum absolute atomic E-state index is 12.1. The number of carbonyl (C=O) groups is 1. The topological polar surface area (TPSA) is 52.6 Å². The molecule has 0 atom stereocenters. The summed E-state index contributed by atoms with van der Waals surface area (Å²) in [5.74, 6) is -0.00130. The van der Waals surface area contributed by atoms with Crippen LogP contribution >= 0.6 is 0 Å². The minimum atomic E-state index is -0.00130. The van der Waals surface area contributed by atoms with Crippen molar-refractivity contribution in [2.24, 2.45) is 0 Å². The van der Waals surface area contributed by atoms with Crippen molar-refractivity contribution in [3.63, 3.8) is 0 Å². The van der Waals surface area contributed by atoms with Crippen molar-refractivity contribution in [3.05, 3.63) is 29.8 Å². The van der Waals surface area contributed by atoms with E-state index < -0.39 is 0 Å². The highest BCUT2D eigenvalue weighted by Crippen LogP contribution is 2.24. The van der Waals surface area contributed by atoms with Crippen LogP contribution in [0.3, 0.4) is 0 Å². The van der Waals surface area contributed by atoms with Gasteiger partial charge in [-0.25, -0.2) is 0 Å². The Morgan fingerprint density at radius 2 is 2.05 bits per heavy atom. The van der Waals surface area contributed by atoms with Gasteiger partial charge in [0.15, 0.2) is 0 Å². The Balaban J connectivity index is 1.84. The fraction of sp³-hybridized carbons (Fsp3) is 0.588. The van der Waals surface area contributed by atoms with Crippen LogP contribution in [0.1, 0.15) is 38.2 Å². The van der Waals surface area contributed by atoms with Crippen LogP contribution in [0.15, 0.2) is 24.3 Å². The van der Waals surface area contributed by atoms with Gasteiger partial charge >= 0.3 is 0 Å². The van der Waals surface area contributed by atoms with Gasteiger partial charge in [-0.3, -0.25) is 9.69 Å². The van der Waals surface area contributed by atoms with Gasteiger partial charge in [-0.05, 0) is 37.0 Å². The fourth-order valence-electron chi connectivity index (χ4n) is 2.70. The average Bonchev–Trinajstić information content (AvgIpc) is 2.39. The van der Waals surface area contributed by atoms with E-state index in [0.29, 0.717) is 19.1 Å². The molecule has 0 aromatic heterocycles. The molecule has 0 bridgehead atoms. The third-order valence-corrected chi connectivity index (χ3v) is 4.10. The number of aryl methyl sites for hydroxylation is 1. The van der Waals surface area contributed by atoms with Crippen LogP contribution in [-0.2, 0) is 11.2 Å². The molecule has 4 heteroatoms. The summed E-state index contributed by atoms with van der Waals surface area (Å²) in [7, 11) is 0. The van der Waals surface area contributed by atoms with Gasteiger partial charge in [0, 0.05) is 18.3 Å². The first kappa shape index (κ1) is 16.0. The number of anilines is 1. The summed E-state index contributed by atoms with van der Waals surface area (Å²) in [6.07, 6.45) is 5.70. The van der Waals surface area contributed by atoms with Gasteiger partial charge < -0.3 is 10.4 Å². The molecular weight excluding hydrogens is 264 g/mol. The minimum Gasteiger partial charge on any atom is -0.395 e. The predicted molar refractivity (Wildman–Crippen MR) is 85.4 cm³/mol. The van der Waals surface area contributed by atoms with Crippen LogP contribution in [0.4, 0.5) is 5.69 Å². The number of hydrogen-bond acceptors (Lipinski definition) is 3. The minimum absolute atomic E-state index is 0.00130. The van der Waals surface area contributed by atoms with Gasteiger partial charge in [-0.15, -0.1) is 0 Å². The number of aliphatic hydroxyl groups is 1. The first-order chi connectivity index (χ1) is 10.2. The highest BCUT2D eigenvalue weighted by molar-refractivity contribution is 5.92. The average molecular weight is 290 g/mol. The van der Waals surface area contributed by atoms with Crippen molar-refractivity contribution >= 4 is 11.6 Å². The first-order valence-electron chi connectivity index (χ1n) is 7.96. The third-order valence-electron chi connectivity index (χ3n) is 4.10. The number of benzene rings is 1. The molecule has 0 spiro atoms. The van der Waals surface area contributed by atoms with Crippen LogP contribution in [0.2, 0.25) is 0 Å². The Hall–Kier alpha value is -1.39. The molecule has 1 aliphatic rings. The fourth-order valence-corrected chi connectivity index (χ4v) is 2.70. The molecule has 1 aromatic rings. The maximum atomic E-state index is 12.1. The zero-order valence-electron chi connectivity index (χ0n) is 12.8. The normalized spacial score (nSPS) is 15.0. The molecule has 2 rings (SSSR count). The van der Waals surface area contributed by atoms with Crippen LogP contribution in [0.5, 0.6) is 0 Å². The molecule has 0 aliphatic heterocycles. The molecule has 2 N–H and O–H groups in total. The zero-order valence-corrected chi connectivity index (χ0v) is 12.8. The predicted octanol–water partition coefficient (Wildman–Crippen LogP) is 2.42. The van der Waals surface area contributed by atoms with E-state index in [4.69, 9.17) is 5.11 Å². The standard InChI is InChI=1S/C17H26N2O2/c1-2-4-14-7-9-15(10-8-14)18-17(21)13-19(11-12-20)16-5-3-6-16/h7-10,16,20H,2-6,11-13H2,1H3,(H,18,21). The lowest BCUT2D eigenvalue weighted by Gasteiger charge is -2.36. The number of aliphatic hydroxyl groups excluding tert-OH is 1. The lowest BCUT2D eigenvalue weighted by molar-refractivity contribution is -0.118. The summed E-state index contributed by atoms with van der Waals surface area (Å²) in [6, 6.07) is 8.52. The van der Waals surface area contributed by atoms with Gasteiger partial charge in [0.05, 0.1) is 13.2 Å². The molecular formula is C17H26N2O2. The second kappa shape index (κ2) is 8.15. The van der Waals surface area contributed by atoms with Crippen LogP contribution < -0.4 is 5.32 Å². The highest BCUT2D eigenvalue weighted by atomic mass is 16.3. The monoisotopic (exact) mass is 290 g/mol. The zero-order chi connectivity index (χ0) is 15.1.